The first-order chi connectivity index (χ1) is 10.8. The minimum Gasteiger partial charge on any atom is -0.163 e. The van der Waals surface area contributed by atoms with Gasteiger partial charge in [-0.15, -0.1) is 0 Å². The minimum absolute atomic E-state index is 0.156. The van der Waals surface area contributed by atoms with Crippen molar-refractivity contribution < 1.29 is 25.8 Å². The van der Waals surface area contributed by atoms with Gasteiger partial charge in [0.05, 0.1) is 5.56 Å². The Balaban J connectivity index is 1.98. The summed E-state index contributed by atoms with van der Waals surface area (Å²) in [6.07, 6.45) is 4.28. The second-order valence-corrected chi connectivity index (χ2v) is 7.54. The molecule has 0 aliphatic carbocycles. The molecule has 3 aromatic rings. The van der Waals surface area contributed by atoms with Gasteiger partial charge < -0.3 is 0 Å². The van der Waals surface area contributed by atoms with E-state index in [1.165, 1.54) is 20.4 Å². The molecule has 1 heterocycles. The van der Waals surface area contributed by atoms with Crippen LogP contribution in [0.15, 0.2) is 89.3 Å². The van der Waals surface area contributed by atoms with E-state index in [1.807, 2.05) is 0 Å². The van der Waals surface area contributed by atoms with Crippen molar-refractivity contribution in [3.63, 3.8) is 0 Å². The van der Waals surface area contributed by atoms with Gasteiger partial charge >= 0.3 is 21.2 Å². The molecular formula is C20H18IN+2. The smallest absolute Gasteiger partial charge is 0.163 e. The van der Waals surface area contributed by atoms with E-state index in [9.17, 15) is 0 Å². The lowest BCUT2D eigenvalue weighted by atomic mass is 10.1. The number of benzene rings is 2. The molecule has 0 amide bonds. The van der Waals surface area contributed by atoms with E-state index in [4.69, 9.17) is 0 Å². The summed E-state index contributed by atoms with van der Waals surface area (Å²) in [6.45, 7) is 2.12. The number of hydrogen-bond donors (Lipinski definition) is 0. The van der Waals surface area contributed by atoms with E-state index in [0.29, 0.717) is 0 Å². The van der Waals surface area contributed by atoms with Crippen molar-refractivity contribution in [2.24, 2.45) is 0 Å². The quantitative estimate of drug-likeness (QED) is 0.457. The summed E-state index contributed by atoms with van der Waals surface area (Å²) in [5.74, 6) is 0. The number of rotatable bonds is 4. The lowest BCUT2D eigenvalue weighted by Gasteiger charge is -1.99. The SMILES string of the molecule is Cc1cc[n+](/C(=C/[I+]c2ccccc2)c2ccccc2)cc1. The van der Waals surface area contributed by atoms with Crippen LogP contribution >= 0.6 is 0 Å². The van der Waals surface area contributed by atoms with Crippen LogP contribution in [0, 0.1) is 10.5 Å². The fraction of sp³-hybridized carbons (Fsp3) is 0.0500. The van der Waals surface area contributed by atoms with Crippen LogP contribution in [0.4, 0.5) is 0 Å². The lowest BCUT2D eigenvalue weighted by molar-refractivity contribution is -0.602. The van der Waals surface area contributed by atoms with E-state index in [-0.39, 0.29) is 21.2 Å². The number of hydrogen-bond acceptors (Lipinski definition) is 0. The van der Waals surface area contributed by atoms with Gasteiger partial charge in [-0.3, -0.25) is 0 Å². The van der Waals surface area contributed by atoms with Crippen LogP contribution < -0.4 is 25.8 Å². The first-order valence-corrected chi connectivity index (χ1v) is 9.58. The van der Waals surface area contributed by atoms with Crippen LogP contribution in [0.3, 0.4) is 0 Å². The predicted molar refractivity (Wildman–Crippen MR) is 86.3 cm³/mol. The largest absolute Gasteiger partial charge is 0.356 e. The number of nitrogens with zero attached hydrogens (tertiary/aromatic N) is 1. The van der Waals surface area contributed by atoms with Gasteiger partial charge in [-0.1, -0.05) is 36.4 Å². The Bertz CT molecular complexity index is 747. The molecule has 0 spiro atoms. The Morgan fingerprint density at radius 2 is 1.41 bits per heavy atom. The van der Waals surface area contributed by atoms with Crippen molar-refractivity contribution in [3.05, 3.63) is 104 Å². The van der Waals surface area contributed by atoms with Gasteiger partial charge in [0.2, 0.25) is 4.08 Å². The standard InChI is InChI=1S/C20H18IN/c1-17-12-14-22(15-13-17)20(18-8-4-2-5-9-18)16-21-19-10-6-3-7-11-19/h2-16H,1H3/q+2/b20-16+. The molecule has 108 valence electrons. The van der Waals surface area contributed by atoms with Crippen LogP contribution in [-0.4, -0.2) is 0 Å². The molecule has 22 heavy (non-hydrogen) atoms. The van der Waals surface area contributed by atoms with Crippen molar-refractivity contribution in [2.75, 3.05) is 0 Å². The third kappa shape index (κ3) is 3.83. The highest BCUT2D eigenvalue weighted by atomic mass is 127. The Kier molecular flexibility index (Phi) is 5.01. The lowest BCUT2D eigenvalue weighted by Crippen LogP contribution is -3.59. The Morgan fingerprint density at radius 1 is 0.818 bits per heavy atom. The number of aromatic nitrogens is 1. The van der Waals surface area contributed by atoms with Gasteiger partial charge in [0.1, 0.15) is 0 Å². The first kappa shape index (κ1) is 15.0. The summed E-state index contributed by atoms with van der Waals surface area (Å²) < 4.78 is 6.05. The van der Waals surface area contributed by atoms with E-state index >= 15 is 0 Å². The maximum Gasteiger partial charge on any atom is 0.356 e. The molecule has 0 unspecified atom stereocenters. The van der Waals surface area contributed by atoms with E-state index in [2.05, 4.69) is 101 Å². The van der Waals surface area contributed by atoms with Gasteiger partial charge in [-0.05, 0) is 36.8 Å². The Hall–Kier alpha value is -1.94. The van der Waals surface area contributed by atoms with Crippen molar-refractivity contribution in [2.45, 2.75) is 6.92 Å². The molecule has 1 aromatic heterocycles. The maximum atomic E-state index is 2.40. The maximum absolute atomic E-state index is 2.40. The van der Waals surface area contributed by atoms with Gasteiger partial charge in [0.25, 0.3) is 5.70 Å². The Morgan fingerprint density at radius 3 is 2.05 bits per heavy atom. The number of aryl methyl sites for hydroxylation is 1. The highest BCUT2D eigenvalue weighted by molar-refractivity contribution is 5.56. The summed E-state index contributed by atoms with van der Waals surface area (Å²) in [4.78, 5) is 0. The minimum atomic E-state index is -0.156. The van der Waals surface area contributed by atoms with Crippen molar-refractivity contribution in [1.29, 1.82) is 0 Å². The van der Waals surface area contributed by atoms with Gasteiger partial charge in [0.15, 0.2) is 16.0 Å². The first-order valence-electron chi connectivity index (χ1n) is 7.25. The number of halogens is 1. The van der Waals surface area contributed by atoms with Crippen LogP contribution in [0.5, 0.6) is 0 Å². The zero-order chi connectivity index (χ0) is 15.2. The normalized spacial score (nSPS) is 11.4. The molecule has 1 nitrogen and oxygen atoms in total. The zero-order valence-electron chi connectivity index (χ0n) is 12.5. The molecular weight excluding hydrogens is 381 g/mol. The summed E-state index contributed by atoms with van der Waals surface area (Å²) in [6, 6.07) is 25.6. The fourth-order valence-corrected chi connectivity index (χ4v) is 4.31. The monoisotopic (exact) mass is 399 g/mol. The van der Waals surface area contributed by atoms with Crippen LogP contribution in [-0.2, 0) is 0 Å². The van der Waals surface area contributed by atoms with Gasteiger partial charge in [-0.25, -0.2) is 0 Å². The molecule has 2 heteroatoms. The van der Waals surface area contributed by atoms with E-state index < -0.39 is 0 Å². The summed E-state index contributed by atoms with van der Waals surface area (Å²) in [7, 11) is 0. The van der Waals surface area contributed by atoms with Gasteiger partial charge in [0, 0.05) is 12.1 Å². The highest BCUT2D eigenvalue weighted by Crippen LogP contribution is 2.08. The summed E-state index contributed by atoms with van der Waals surface area (Å²) >= 11 is -0.156. The number of pyridine rings is 1. The molecule has 0 aliphatic rings. The molecule has 0 radical (unpaired) electrons. The predicted octanol–water partition coefficient (Wildman–Crippen LogP) is 1.09. The molecule has 0 saturated heterocycles. The molecule has 3 rings (SSSR count). The summed E-state index contributed by atoms with van der Waals surface area (Å²) in [5, 5.41) is 0. The second-order valence-electron chi connectivity index (χ2n) is 5.05. The van der Waals surface area contributed by atoms with Gasteiger partial charge in [-0.2, -0.15) is 4.57 Å². The third-order valence-electron chi connectivity index (χ3n) is 3.36. The highest BCUT2D eigenvalue weighted by Gasteiger charge is 2.19. The van der Waals surface area contributed by atoms with Crippen molar-refractivity contribution in [1.82, 2.24) is 0 Å². The fourth-order valence-electron chi connectivity index (χ4n) is 2.14. The third-order valence-corrected chi connectivity index (χ3v) is 5.70. The van der Waals surface area contributed by atoms with Crippen LogP contribution in [0.25, 0.3) is 5.70 Å². The van der Waals surface area contributed by atoms with Crippen molar-refractivity contribution in [3.8, 4) is 0 Å². The topological polar surface area (TPSA) is 3.88 Å². The average Bonchev–Trinajstić information content (AvgIpc) is 2.58. The van der Waals surface area contributed by atoms with Crippen molar-refractivity contribution >= 4 is 5.70 Å². The zero-order valence-corrected chi connectivity index (χ0v) is 14.6. The van der Waals surface area contributed by atoms with Crippen LogP contribution in [0.2, 0.25) is 0 Å². The average molecular weight is 399 g/mol. The molecule has 0 bridgehead atoms. The molecule has 2 aromatic carbocycles. The van der Waals surface area contributed by atoms with E-state index in [0.717, 1.165) is 0 Å². The molecule has 0 aliphatic heterocycles. The Labute approximate surface area is 142 Å². The second kappa shape index (κ2) is 7.36. The molecule has 0 fully saturated rings. The molecule has 0 atom stereocenters. The van der Waals surface area contributed by atoms with E-state index in [1.54, 1.807) is 0 Å². The van der Waals surface area contributed by atoms with Crippen LogP contribution in [0.1, 0.15) is 11.1 Å². The molecule has 0 saturated carbocycles. The summed E-state index contributed by atoms with van der Waals surface area (Å²) in [5.41, 5.74) is 3.80. The molecule has 0 N–H and O–H groups in total.